The van der Waals surface area contributed by atoms with E-state index in [9.17, 15) is 4.79 Å². The lowest BCUT2D eigenvalue weighted by atomic mass is 9.96. The molecule has 0 unspecified atom stereocenters. The summed E-state index contributed by atoms with van der Waals surface area (Å²) >= 11 is 5.39. The van der Waals surface area contributed by atoms with Gasteiger partial charge in [-0.3, -0.25) is 0 Å². The van der Waals surface area contributed by atoms with Crippen LogP contribution < -0.4 is 10.6 Å². The Bertz CT molecular complexity index is 561. The first-order valence-electron chi connectivity index (χ1n) is 7.41. The van der Waals surface area contributed by atoms with Crippen LogP contribution in [0.25, 0.3) is 0 Å². The summed E-state index contributed by atoms with van der Waals surface area (Å²) in [5, 5.41) is 7.22. The minimum absolute atomic E-state index is 0.342. The lowest BCUT2D eigenvalue weighted by molar-refractivity contribution is 0.0601. The summed E-state index contributed by atoms with van der Waals surface area (Å²) in [7, 11) is 1.38. The molecule has 2 N–H and O–H groups in total. The van der Waals surface area contributed by atoms with Crippen molar-refractivity contribution in [2.45, 2.75) is 31.7 Å². The van der Waals surface area contributed by atoms with E-state index < -0.39 is 0 Å². The topological polar surface area (TPSA) is 50.4 Å². The minimum atomic E-state index is -0.342. The molecule has 2 aliphatic carbocycles. The fourth-order valence-corrected chi connectivity index (χ4v) is 3.87. The van der Waals surface area contributed by atoms with Crippen LogP contribution in [0.4, 0.5) is 5.69 Å². The summed E-state index contributed by atoms with van der Waals surface area (Å²) in [5.41, 5.74) is 1.32. The highest BCUT2D eigenvalue weighted by molar-refractivity contribution is 7.80. The van der Waals surface area contributed by atoms with Crippen LogP contribution in [0.15, 0.2) is 24.3 Å². The number of carbonyl (C=O) groups excluding carboxylic acids is 1. The monoisotopic (exact) mass is 304 g/mol. The molecule has 0 spiro atoms. The normalized spacial score (nSPS) is 26.4. The Morgan fingerprint density at radius 3 is 2.86 bits per heavy atom. The second-order valence-electron chi connectivity index (χ2n) is 5.95. The Labute approximate surface area is 130 Å². The van der Waals surface area contributed by atoms with Crippen LogP contribution in [-0.4, -0.2) is 24.2 Å². The third-order valence-electron chi connectivity index (χ3n) is 4.60. The first-order chi connectivity index (χ1) is 10.2. The molecule has 2 fully saturated rings. The van der Waals surface area contributed by atoms with Crippen LogP contribution in [0.1, 0.15) is 36.0 Å². The van der Waals surface area contributed by atoms with E-state index in [0.29, 0.717) is 16.7 Å². The van der Waals surface area contributed by atoms with Crippen molar-refractivity contribution in [2.24, 2.45) is 11.8 Å². The van der Waals surface area contributed by atoms with Gasteiger partial charge in [-0.15, -0.1) is 0 Å². The molecule has 2 aliphatic rings. The van der Waals surface area contributed by atoms with Gasteiger partial charge in [-0.05, 0) is 61.5 Å². The van der Waals surface area contributed by atoms with Crippen LogP contribution in [0.3, 0.4) is 0 Å². The molecule has 2 bridgehead atoms. The largest absolute Gasteiger partial charge is 0.465 e. The van der Waals surface area contributed by atoms with Gasteiger partial charge in [-0.2, -0.15) is 0 Å². The van der Waals surface area contributed by atoms with Gasteiger partial charge in [-0.1, -0.05) is 12.5 Å². The highest BCUT2D eigenvalue weighted by atomic mass is 32.1. The van der Waals surface area contributed by atoms with Crippen molar-refractivity contribution in [3.05, 3.63) is 29.8 Å². The SMILES string of the molecule is COC(=O)c1cccc(NC(=S)N[C@@H]2C[C@H]3CC[C@H]2C3)c1. The molecule has 3 atom stereocenters. The van der Waals surface area contributed by atoms with Gasteiger partial charge in [0.2, 0.25) is 0 Å². The molecule has 0 amide bonds. The minimum Gasteiger partial charge on any atom is -0.465 e. The van der Waals surface area contributed by atoms with Crippen molar-refractivity contribution in [2.75, 3.05) is 12.4 Å². The number of carbonyl (C=O) groups is 1. The zero-order chi connectivity index (χ0) is 14.8. The molecule has 1 aromatic carbocycles. The Balaban J connectivity index is 1.58. The summed E-state index contributed by atoms with van der Waals surface area (Å²) in [5.74, 6) is 1.32. The molecule has 0 radical (unpaired) electrons. The Kier molecular flexibility index (Phi) is 4.10. The zero-order valence-electron chi connectivity index (χ0n) is 12.1. The highest BCUT2D eigenvalue weighted by Gasteiger charge is 2.39. The van der Waals surface area contributed by atoms with E-state index in [-0.39, 0.29) is 5.97 Å². The third-order valence-corrected chi connectivity index (χ3v) is 4.82. The van der Waals surface area contributed by atoms with Gasteiger partial charge in [0, 0.05) is 11.7 Å². The lowest BCUT2D eigenvalue weighted by Crippen LogP contribution is -2.40. The molecule has 21 heavy (non-hydrogen) atoms. The summed E-state index contributed by atoms with van der Waals surface area (Å²) in [6.07, 6.45) is 5.28. The van der Waals surface area contributed by atoms with Crippen molar-refractivity contribution in [3.63, 3.8) is 0 Å². The number of anilines is 1. The number of ether oxygens (including phenoxy) is 1. The molecule has 5 heteroatoms. The van der Waals surface area contributed by atoms with Crippen LogP contribution in [0, 0.1) is 11.8 Å². The highest BCUT2D eigenvalue weighted by Crippen LogP contribution is 2.44. The Hall–Kier alpha value is -1.62. The van der Waals surface area contributed by atoms with E-state index in [2.05, 4.69) is 10.6 Å². The van der Waals surface area contributed by atoms with Crippen LogP contribution in [0.5, 0.6) is 0 Å². The smallest absolute Gasteiger partial charge is 0.337 e. The Morgan fingerprint density at radius 1 is 1.33 bits per heavy atom. The molecule has 0 saturated heterocycles. The van der Waals surface area contributed by atoms with Gasteiger partial charge in [-0.25, -0.2) is 4.79 Å². The van der Waals surface area contributed by atoms with Gasteiger partial charge < -0.3 is 15.4 Å². The molecular weight excluding hydrogens is 284 g/mol. The van der Waals surface area contributed by atoms with Gasteiger partial charge in [0.15, 0.2) is 5.11 Å². The van der Waals surface area contributed by atoms with Gasteiger partial charge in [0.05, 0.1) is 12.7 Å². The second-order valence-corrected chi connectivity index (χ2v) is 6.36. The molecule has 0 aromatic heterocycles. The third kappa shape index (κ3) is 3.18. The summed E-state index contributed by atoms with van der Waals surface area (Å²) in [6, 6.07) is 7.69. The maximum absolute atomic E-state index is 11.5. The molecule has 112 valence electrons. The molecule has 1 aromatic rings. The molecule has 2 saturated carbocycles. The van der Waals surface area contributed by atoms with Crippen LogP contribution >= 0.6 is 12.2 Å². The standard InChI is InChI=1S/C16H20N2O2S/c1-20-15(19)12-3-2-4-13(9-12)17-16(21)18-14-8-10-5-6-11(14)7-10/h2-4,9-11,14H,5-8H2,1H3,(H2,17,18,21)/t10-,11-,14+/m0/s1. The number of hydrogen-bond donors (Lipinski definition) is 2. The number of methoxy groups -OCH3 is 1. The van der Waals surface area contributed by atoms with Gasteiger partial charge in [0.1, 0.15) is 0 Å². The first-order valence-corrected chi connectivity index (χ1v) is 7.82. The van der Waals surface area contributed by atoms with E-state index >= 15 is 0 Å². The first kappa shape index (κ1) is 14.3. The van der Waals surface area contributed by atoms with Crippen LogP contribution in [-0.2, 0) is 4.74 Å². The molecule has 3 rings (SSSR count). The Morgan fingerprint density at radius 2 is 2.19 bits per heavy atom. The average molecular weight is 304 g/mol. The number of fused-ring (bicyclic) bond motifs is 2. The van der Waals surface area contributed by atoms with E-state index in [0.717, 1.165) is 17.5 Å². The maximum atomic E-state index is 11.5. The van der Waals surface area contributed by atoms with E-state index in [1.807, 2.05) is 12.1 Å². The fourth-order valence-electron chi connectivity index (χ4n) is 3.60. The molecule has 0 aliphatic heterocycles. The summed E-state index contributed by atoms with van der Waals surface area (Å²) in [4.78, 5) is 11.5. The van der Waals surface area contributed by atoms with Crippen molar-refractivity contribution in [1.29, 1.82) is 0 Å². The number of esters is 1. The number of benzene rings is 1. The van der Waals surface area contributed by atoms with Crippen molar-refractivity contribution >= 4 is 29.0 Å². The number of thiocarbonyl (C=S) groups is 1. The second kappa shape index (κ2) is 6.02. The van der Waals surface area contributed by atoms with Crippen molar-refractivity contribution < 1.29 is 9.53 Å². The molecular formula is C16H20N2O2S. The van der Waals surface area contributed by atoms with Gasteiger partial charge in [0.25, 0.3) is 0 Å². The maximum Gasteiger partial charge on any atom is 0.337 e. The fraction of sp³-hybridized carbons (Fsp3) is 0.500. The quantitative estimate of drug-likeness (QED) is 0.664. The van der Waals surface area contributed by atoms with Crippen LogP contribution in [0.2, 0.25) is 0 Å². The number of rotatable bonds is 3. The van der Waals surface area contributed by atoms with E-state index in [4.69, 9.17) is 17.0 Å². The average Bonchev–Trinajstić information content (AvgIpc) is 3.09. The molecule has 4 nitrogen and oxygen atoms in total. The molecule has 0 heterocycles. The van der Waals surface area contributed by atoms with E-state index in [1.165, 1.54) is 32.8 Å². The zero-order valence-corrected chi connectivity index (χ0v) is 12.9. The van der Waals surface area contributed by atoms with E-state index in [1.54, 1.807) is 12.1 Å². The summed E-state index contributed by atoms with van der Waals surface area (Å²) in [6.45, 7) is 0. The summed E-state index contributed by atoms with van der Waals surface area (Å²) < 4.78 is 4.72. The lowest BCUT2D eigenvalue weighted by Gasteiger charge is -2.24. The van der Waals surface area contributed by atoms with Crippen molar-refractivity contribution in [1.82, 2.24) is 5.32 Å². The predicted octanol–water partition coefficient (Wildman–Crippen LogP) is 2.95. The van der Waals surface area contributed by atoms with Crippen molar-refractivity contribution in [3.8, 4) is 0 Å². The number of hydrogen-bond acceptors (Lipinski definition) is 3. The number of nitrogens with one attached hydrogen (secondary N) is 2. The van der Waals surface area contributed by atoms with Gasteiger partial charge >= 0.3 is 5.97 Å². The predicted molar refractivity (Wildman–Crippen MR) is 86.4 cm³/mol.